The van der Waals surface area contributed by atoms with Crippen molar-refractivity contribution in [3.63, 3.8) is 0 Å². The molecule has 17 heavy (non-hydrogen) atoms. The molecule has 0 atom stereocenters. The van der Waals surface area contributed by atoms with Crippen LogP contribution in [0.15, 0.2) is 29.7 Å². The Bertz CT molecular complexity index is 602. The molecule has 0 bridgehead atoms. The minimum atomic E-state index is -3.83. The van der Waals surface area contributed by atoms with E-state index in [9.17, 15) is 8.42 Å². The highest BCUT2D eigenvalue weighted by atomic mass is 35.5. The molecule has 2 rings (SSSR count). The smallest absolute Gasteiger partial charge is 0.246 e. The second kappa shape index (κ2) is 4.55. The van der Waals surface area contributed by atoms with E-state index in [4.69, 9.17) is 11.6 Å². The zero-order valence-electron chi connectivity index (χ0n) is 8.15. The monoisotopic (exact) mass is 272 g/mol. The minimum absolute atomic E-state index is 0.0402. The molecule has 1 N–H and O–H groups in total. The number of hydrogen-bond donors (Lipinski definition) is 1. The van der Waals surface area contributed by atoms with Gasteiger partial charge in [0, 0.05) is 0 Å². The van der Waals surface area contributed by atoms with Crippen LogP contribution in [0.4, 0.5) is 5.95 Å². The van der Waals surface area contributed by atoms with Crippen molar-refractivity contribution in [2.45, 2.75) is 4.90 Å². The summed E-state index contributed by atoms with van der Waals surface area (Å²) in [6.07, 6.45) is 4.79. The van der Waals surface area contributed by atoms with Crippen LogP contribution in [0.5, 0.6) is 0 Å². The maximum absolute atomic E-state index is 11.8. The van der Waals surface area contributed by atoms with Gasteiger partial charge in [-0.15, -0.1) is 5.10 Å². The SMILES string of the molecule is O=S(=O)(Nc1nccnn1)c1cnc(Cl)nc1. The molecule has 0 aliphatic heterocycles. The Balaban J connectivity index is 2.29. The molecule has 10 heteroatoms. The van der Waals surface area contributed by atoms with Gasteiger partial charge in [0.25, 0.3) is 16.0 Å². The summed E-state index contributed by atoms with van der Waals surface area (Å²) >= 11 is 5.45. The molecule has 0 saturated carbocycles. The summed E-state index contributed by atoms with van der Waals surface area (Å²) in [5.41, 5.74) is 0. The summed E-state index contributed by atoms with van der Waals surface area (Å²) in [5, 5.41) is 6.93. The van der Waals surface area contributed by atoms with Crippen molar-refractivity contribution in [2.75, 3.05) is 4.72 Å². The summed E-state index contributed by atoms with van der Waals surface area (Å²) in [7, 11) is -3.83. The molecule has 0 saturated heterocycles. The Morgan fingerprint density at radius 1 is 1.12 bits per heavy atom. The van der Waals surface area contributed by atoms with Crippen LogP contribution in [0.3, 0.4) is 0 Å². The number of rotatable bonds is 3. The maximum atomic E-state index is 11.8. The van der Waals surface area contributed by atoms with Gasteiger partial charge in [0.15, 0.2) is 0 Å². The van der Waals surface area contributed by atoms with E-state index in [1.807, 2.05) is 0 Å². The van der Waals surface area contributed by atoms with Gasteiger partial charge in [0.05, 0.1) is 24.8 Å². The van der Waals surface area contributed by atoms with E-state index in [0.29, 0.717) is 0 Å². The Morgan fingerprint density at radius 2 is 1.82 bits per heavy atom. The van der Waals surface area contributed by atoms with Gasteiger partial charge in [-0.1, -0.05) is 0 Å². The van der Waals surface area contributed by atoms with Crippen LogP contribution < -0.4 is 4.72 Å². The van der Waals surface area contributed by atoms with Gasteiger partial charge in [-0.05, 0) is 11.6 Å². The number of hydrogen-bond acceptors (Lipinski definition) is 7. The molecule has 0 radical (unpaired) electrons. The lowest BCUT2D eigenvalue weighted by molar-refractivity contribution is 0.599. The fourth-order valence-corrected chi connectivity index (χ4v) is 1.84. The van der Waals surface area contributed by atoms with Crippen LogP contribution in [0.2, 0.25) is 5.28 Å². The largest absolute Gasteiger partial charge is 0.267 e. The second-order valence-corrected chi connectivity index (χ2v) is 4.78. The fraction of sp³-hybridized carbons (Fsp3) is 0. The van der Waals surface area contributed by atoms with E-state index < -0.39 is 10.0 Å². The van der Waals surface area contributed by atoms with Gasteiger partial charge >= 0.3 is 0 Å². The molecule has 0 aliphatic carbocycles. The third-order valence-electron chi connectivity index (χ3n) is 1.62. The molecule has 0 unspecified atom stereocenters. The molecule has 88 valence electrons. The van der Waals surface area contributed by atoms with Crippen LogP contribution >= 0.6 is 11.6 Å². The molecule has 2 heterocycles. The predicted octanol–water partition coefficient (Wildman–Crippen LogP) is 0.116. The normalized spacial score (nSPS) is 11.1. The average molecular weight is 273 g/mol. The molecule has 0 amide bonds. The quantitative estimate of drug-likeness (QED) is 0.790. The molecular weight excluding hydrogens is 268 g/mol. The Labute approximate surface area is 101 Å². The second-order valence-electron chi connectivity index (χ2n) is 2.76. The van der Waals surface area contributed by atoms with Crippen molar-refractivity contribution < 1.29 is 8.42 Å². The van der Waals surface area contributed by atoms with Gasteiger partial charge in [-0.25, -0.2) is 28.1 Å². The molecule has 0 aromatic carbocycles. The number of halogens is 1. The number of nitrogens with one attached hydrogen (secondary N) is 1. The van der Waals surface area contributed by atoms with E-state index in [1.165, 1.54) is 12.4 Å². The van der Waals surface area contributed by atoms with Gasteiger partial charge in [-0.3, -0.25) is 0 Å². The summed E-state index contributed by atoms with van der Waals surface area (Å²) in [6, 6.07) is 0. The molecule has 8 nitrogen and oxygen atoms in total. The lowest BCUT2D eigenvalue weighted by atomic mass is 10.7. The maximum Gasteiger partial charge on any atom is 0.267 e. The topological polar surface area (TPSA) is 111 Å². The van der Waals surface area contributed by atoms with Crippen LogP contribution in [-0.2, 0) is 10.0 Å². The van der Waals surface area contributed by atoms with Crippen molar-refractivity contribution in [1.82, 2.24) is 25.1 Å². The summed E-state index contributed by atoms with van der Waals surface area (Å²) in [5.74, 6) is -0.137. The summed E-state index contributed by atoms with van der Waals surface area (Å²) in [6.45, 7) is 0. The van der Waals surface area contributed by atoms with Crippen molar-refractivity contribution in [2.24, 2.45) is 0 Å². The van der Waals surface area contributed by atoms with E-state index in [-0.39, 0.29) is 16.1 Å². The molecule has 0 spiro atoms. The predicted molar refractivity (Wildman–Crippen MR) is 57.7 cm³/mol. The zero-order valence-corrected chi connectivity index (χ0v) is 9.72. The van der Waals surface area contributed by atoms with Crippen LogP contribution in [0.25, 0.3) is 0 Å². The lowest BCUT2D eigenvalue weighted by Gasteiger charge is -2.04. The minimum Gasteiger partial charge on any atom is -0.246 e. The van der Waals surface area contributed by atoms with Gasteiger partial charge in [-0.2, -0.15) is 5.10 Å². The third-order valence-corrected chi connectivity index (χ3v) is 3.09. The van der Waals surface area contributed by atoms with E-state index in [2.05, 4.69) is 29.9 Å². The van der Waals surface area contributed by atoms with Crippen LogP contribution in [-0.4, -0.2) is 33.6 Å². The number of anilines is 1. The molecular formula is C7H5ClN6O2S. The van der Waals surface area contributed by atoms with Gasteiger partial charge in [0.1, 0.15) is 4.90 Å². The van der Waals surface area contributed by atoms with Crippen molar-refractivity contribution in [3.8, 4) is 0 Å². The highest BCUT2D eigenvalue weighted by molar-refractivity contribution is 7.92. The molecule has 0 aliphatic rings. The van der Waals surface area contributed by atoms with Crippen LogP contribution in [0, 0.1) is 0 Å². The van der Waals surface area contributed by atoms with Crippen LogP contribution in [0.1, 0.15) is 0 Å². The number of nitrogens with zero attached hydrogens (tertiary/aromatic N) is 5. The Morgan fingerprint density at radius 3 is 2.41 bits per heavy atom. The molecule has 0 fully saturated rings. The van der Waals surface area contributed by atoms with Crippen molar-refractivity contribution >= 4 is 27.6 Å². The third kappa shape index (κ3) is 2.82. The Hall–Kier alpha value is -1.87. The lowest BCUT2D eigenvalue weighted by Crippen LogP contribution is -2.15. The standard InChI is InChI=1S/C7H5ClN6O2S/c8-6-10-3-5(4-11-6)17(15,16)14-7-9-1-2-12-13-7/h1-4H,(H,9,13,14). The van der Waals surface area contributed by atoms with Gasteiger partial charge < -0.3 is 0 Å². The summed E-state index contributed by atoms with van der Waals surface area (Å²) in [4.78, 5) is 10.7. The number of aromatic nitrogens is 5. The zero-order chi connectivity index (χ0) is 12.3. The molecule has 2 aromatic heterocycles. The van der Waals surface area contributed by atoms with Crippen molar-refractivity contribution in [3.05, 3.63) is 30.1 Å². The highest BCUT2D eigenvalue weighted by Crippen LogP contribution is 2.10. The first kappa shape index (κ1) is 11.6. The first-order valence-corrected chi connectivity index (χ1v) is 6.08. The van der Waals surface area contributed by atoms with Gasteiger partial charge in [0.2, 0.25) is 5.28 Å². The highest BCUT2D eigenvalue weighted by Gasteiger charge is 2.16. The summed E-state index contributed by atoms with van der Waals surface area (Å²) < 4.78 is 25.7. The first-order valence-electron chi connectivity index (χ1n) is 4.22. The van der Waals surface area contributed by atoms with Crippen molar-refractivity contribution in [1.29, 1.82) is 0 Å². The number of sulfonamides is 1. The average Bonchev–Trinajstić information content (AvgIpc) is 2.30. The first-order chi connectivity index (χ1) is 8.08. The van der Waals surface area contributed by atoms with E-state index >= 15 is 0 Å². The Kier molecular flexibility index (Phi) is 3.11. The molecule has 2 aromatic rings. The fourth-order valence-electron chi connectivity index (χ4n) is 0.913. The van der Waals surface area contributed by atoms with E-state index in [1.54, 1.807) is 0 Å². The van der Waals surface area contributed by atoms with E-state index in [0.717, 1.165) is 12.4 Å².